The topological polar surface area (TPSA) is 80.3 Å². The van der Waals surface area contributed by atoms with Gasteiger partial charge >= 0.3 is 0 Å². The quantitative estimate of drug-likeness (QED) is 0.711. The minimum Gasteiger partial charge on any atom is -0.384 e. The van der Waals surface area contributed by atoms with Crippen molar-refractivity contribution in [3.05, 3.63) is 54.6 Å². The van der Waals surface area contributed by atoms with Gasteiger partial charge in [0.15, 0.2) is 0 Å². The van der Waals surface area contributed by atoms with Crippen molar-refractivity contribution in [1.82, 2.24) is 24.3 Å². The molecule has 2 aromatic heterocycles. The molecule has 0 saturated carbocycles. The smallest absolute Gasteiger partial charge is 0.224 e. The number of fused-ring (bicyclic) bond motifs is 1. The van der Waals surface area contributed by atoms with Gasteiger partial charge in [-0.15, -0.1) is 0 Å². The third-order valence-electron chi connectivity index (χ3n) is 5.50. The van der Waals surface area contributed by atoms with Crippen LogP contribution in [0.1, 0.15) is 18.7 Å². The Labute approximate surface area is 164 Å². The number of likely N-dealkylation sites (tertiary alicyclic amines) is 1. The highest BCUT2D eigenvalue weighted by molar-refractivity contribution is 5.80. The number of aryl methyl sites for hydroxylation is 1. The summed E-state index contributed by atoms with van der Waals surface area (Å²) in [5.74, 6) is 1.42. The van der Waals surface area contributed by atoms with Crippen molar-refractivity contribution in [1.29, 1.82) is 0 Å². The van der Waals surface area contributed by atoms with Gasteiger partial charge in [0.05, 0.1) is 6.54 Å². The third kappa shape index (κ3) is 3.99. The Kier molecular flexibility index (Phi) is 5.25. The van der Waals surface area contributed by atoms with Gasteiger partial charge in [-0.1, -0.05) is 18.2 Å². The summed E-state index contributed by atoms with van der Waals surface area (Å²) in [5.41, 5.74) is 6.91. The van der Waals surface area contributed by atoms with Crippen LogP contribution in [-0.4, -0.2) is 56.4 Å². The van der Waals surface area contributed by atoms with E-state index in [2.05, 4.69) is 50.9 Å². The molecule has 3 heterocycles. The molecule has 1 saturated heterocycles. The number of hydrogen-bond acceptors (Lipinski definition) is 5. The number of amides is 1. The highest BCUT2D eigenvalue weighted by Gasteiger charge is 2.28. The predicted octanol–water partition coefficient (Wildman–Crippen LogP) is 2.14. The largest absolute Gasteiger partial charge is 0.384 e. The van der Waals surface area contributed by atoms with Crippen LogP contribution in [-0.2, 0) is 17.9 Å². The molecule has 0 spiro atoms. The van der Waals surface area contributed by atoms with E-state index in [1.807, 2.05) is 17.0 Å². The van der Waals surface area contributed by atoms with E-state index < -0.39 is 0 Å². The van der Waals surface area contributed by atoms with Gasteiger partial charge in [-0.05, 0) is 37.1 Å². The highest BCUT2D eigenvalue weighted by atomic mass is 16.2. The van der Waals surface area contributed by atoms with E-state index in [-0.39, 0.29) is 5.91 Å². The summed E-state index contributed by atoms with van der Waals surface area (Å²) in [6, 6.07) is 12.4. The molecule has 1 aliphatic rings. The predicted molar refractivity (Wildman–Crippen MR) is 109 cm³/mol. The lowest BCUT2D eigenvalue weighted by atomic mass is 10.2. The van der Waals surface area contributed by atoms with Crippen molar-refractivity contribution in [3.8, 4) is 0 Å². The molecule has 7 nitrogen and oxygen atoms in total. The molecule has 1 fully saturated rings. The van der Waals surface area contributed by atoms with Crippen LogP contribution in [0.3, 0.4) is 0 Å². The Balaban J connectivity index is 1.30. The summed E-state index contributed by atoms with van der Waals surface area (Å²) in [6.45, 7) is 2.90. The number of nitrogens with zero attached hydrogens (tertiary/aromatic N) is 5. The van der Waals surface area contributed by atoms with E-state index in [1.54, 1.807) is 12.3 Å². The van der Waals surface area contributed by atoms with E-state index in [1.165, 1.54) is 10.9 Å². The zero-order valence-electron chi connectivity index (χ0n) is 16.2. The zero-order chi connectivity index (χ0) is 19.5. The number of nitrogens with two attached hydrogens (primary N) is 1. The second kappa shape index (κ2) is 7.98. The van der Waals surface area contributed by atoms with Gasteiger partial charge < -0.3 is 15.2 Å². The maximum absolute atomic E-state index is 12.7. The molecule has 1 aromatic carbocycles. The van der Waals surface area contributed by atoms with Crippen LogP contribution in [0.15, 0.2) is 48.8 Å². The molecule has 3 aromatic rings. The number of likely N-dealkylation sites (N-methyl/N-ethyl adjacent to an activating group) is 1. The average Bonchev–Trinajstić information content (AvgIpc) is 3.34. The van der Waals surface area contributed by atoms with Crippen LogP contribution in [0.25, 0.3) is 10.9 Å². The van der Waals surface area contributed by atoms with Gasteiger partial charge in [-0.25, -0.2) is 9.97 Å². The molecule has 28 heavy (non-hydrogen) atoms. The number of anilines is 1. The van der Waals surface area contributed by atoms with Crippen LogP contribution >= 0.6 is 0 Å². The van der Waals surface area contributed by atoms with Crippen molar-refractivity contribution in [2.24, 2.45) is 0 Å². The first-order chi connectivity index (χ1) is 13.6. The first-order valence-corrected chi connectivity index (χ1v) is 9.69. The van der Waals surface area contributed by atoms with Crippen LogP contribution in [0, 0.1) is 0 Å². The van der Waals surface area contributed by atoms with Crippen molar-refractivity contribution in [2.75, 3.05) is 25.9 Å². The molecule has 1 atom stereocenters. The Morgan fingerprint density at radius 2 is 2.14 bits per heavy atom. The van der Waals surface area contributed by atoms with E-state index in [0.717, 1.165) is 19.5 Å². The molecule has 0 radical (unpaired) electrons. The molecule has 1 aliphatic heterocycles. The van der Waals surface area contributed by atoms with Gasteiger partial charge in [-0.2, -0.15) is 0 Å². The number of aromatic nitrogens is 3. The van der Waals surface area contributed by atoms with Crippen molar-refractivity contribution < 1.29 is 4.79 Å². The lowest BCUT2D eigenvalue weighted by molar-refractivity contribution is -0.130. The summed E-state index contributed by atoms with van der Waals surface area (Å²) in [5, 5.41) is 1.21. The second-order valence-electron chi connectivity index (χ2n) is 7.41. The molecule has 4 rings (SSSR count). The van der Waals surface area contributed by atoms with Crippen molar-refractivity contribution in [2.45, 2.75) is 32.0 Å². The number of hydrogen-bond donors (Lipinski definition) is 1. The third-order valence-corrected chi connectivity index (χ3v) is 5.50. The first-order valence-electron chi connectivity index (χ1n) is 9.69. The van der Waals surface area contributed by atoms with Gasteiger partial charge in [0.1, 0.15) is 11.6 Å². The summed E-state index contributed by atoms with van der Waals surface area (Å²) in [4.78, 5) is 25.4. The normalized spacial score (nSPS) is 16.9. The Bertz CT molecular complexity index is 968. The maximum atomic E-state index is 12.7. The summed E-state index contributed by atoms with van der Waals surface area (Å²) >= 11 is 0. The Hall–Kier alpha value is -2.93. The fourth-order valence-corrected chi connectivity index (χ4v) is 3.88. The number of benzene rings is 1. The molecule has 7 heteroatoms. The molecular formula is C21H26N6O. The number of para-hydroxylation sites is 1. The fraction of sp³-hybridized carbons (Fsp3) is 0.381. The lowest BCUT2D eigenvalue weighted by Gasteiger charge is -2.24. The SMILES string of the molecule is CN(Cc1nccc(N)n1)[C@@H]1CCN(C(=O)CCn2ccc3ccccc32)C1. The number of carbonyl (C=O) groups is 1. The number of rotatable bonds is 6. The van der Waals surface area contributed by atoms with Gasteiger partial charge in [0.25, 0.3) is 0 Å². The monoisotopic (exact) mass is 378 g/mol. The maximum Gasteiger partial charge on any atom is 0.224 e. The Morgan fingerprint density at radius 1 is 1.29 bits per heavy atom. The number of carbonyl (C=O) groups excluding carboxylic acids is 1. The minimum absolute atomic E-state index is 0.217. The fourth-order valence-electron chi connectivity index (χ4n) is 3.88. The van der Waals surface area contributed by atoms with Crippen molar-refractivity contribution >= 4 is 22.6 Å². The summed E-state index contributed by atoms with van der Waals surface area (Å²) < 4.78 is 2.16. The molecular weight excluding hydrogens is 352 g/mol. The van der Waals surface area contributed by atoms with Gasteiger partial charge in [-0.3, -0.25) is 9.69 Å². The highest BCUT2D eigenvalue weighted by Crippen LogP contribution is 2.19. The first kappa shape index (κ1) is 18.4. The second-order valence-corrected chi connectivity index (χ2v) is 7.41. The van der Waals surface area contributed by atoms with Gasteiger partial charge in [0, 0.05) is 50.0 Å². The molecule has 0 bridgehead atoms. The minimum atomic E-state index is 0.217. The summed E-state index contributed by atoms with van der Waals surface area (Å²) in [7, 11) is 2.05. The van der Waals surface area contributed by atoms with Crippen LogP contribution in [0.5, 0.6) is 0 Å². The van der Waals surface area contributed by atoms with Crippen molar-refractivity contribution in [3.63, 3.8) is 0 Å². The van der Waals surface area contributed by atoms with Gasteiger partial charge in [0.2, 0.25) is 5.91 Å². The van der Waals surface area contributed by atoms with E-state index in [0.29, 0.717) is 37.2 Å². The van der Waals surface area contributed by atoms with E-state index >= 15 is 0 Å². The van der Waals surface area contributed by atoms with Crippen LogP contribution in [0.4, 0.5) is 5.82 Å². The molecule has 1 amide bonds. The number of nitrogen functional groups attached to an aromatic ring is 1. The van der Waals surface area contributed by atoms with Crippen LogP contribution < -0.4 is 5.73 Å². The standard InChI is InChI=1S/C21H26N6O/c1-25(15-20-23-10-6-19(22)24-20)17-8-12-27(14-17)21(28)9-13-26-11-7-16-4-2-3-5-18(16)26/h2-7,10-11,17H,8-9,12-15H2,1H3,(H2,22,23,24)/t17-/m1/s1. The Morgan fingerprint density at radius 3 is 3.00 bits per heavy atom. The lowest BCUT2D eigenvalue weighted by Crippen LogP contribution is -2.36. The molecule has 146 valence electrons. The molecule has 0 unspecified atom stereocenters. The molecule has 2 N–H and O–H groups in total. The average molecular weight is 378 g/mol. The summed E-state index contributed by atoms with van der Waals surface area (Å²) in [6.07, 6.45) is 5.23. The van der Waals surface area contributed by atoms with E-state index in [4.69, 9.17) is 5.73 Å². The zero-order valence-corrected chi connectivity index (χ0v) is 16.2. The molecule has 0 aliphatic carbocycles. The van der Waals surface area contributed by atoms with Crippen LogP contribution in [0.2, 0.25) is 0 Å². The van der Waals surface area contributed by atoms with E-state index in [9.17, 15) is 4.79 Å².